The average Bonchev–Trinajstić information content (AvgIpc) is 3.09. The second-order valence-corrected chi connectivity index (χ2v) is 6.08. The van der Waals surface area contributed by atoms with E-state index in [0.717, 1.165) is 25.7 Å². The van der Waals surface area contributed by atoms with Gasteiger partial charge in [-0.25, -0.2) is 0 Å². The maximum absolute atomic E-state index is 10.4. The minimum absolute atomic E-state index is 0.0574. The van der Waals surface area contributed by atoms with Crippen LogP contribution in [-0.2, 0) is 9.53 Å². The highest BCUT2D eigenvalue weighted by atomic mass is 16.5. The maximum atomic E-state index is 10.4. The standard InChI is InChI=1S/C18H26O4/c1-2-13(19)9-10-15-14(16-11-12-17(15)22-16)7-5-3-4-6-8-18(20)21/h3-6,9-10,13-17,19H,2,7-8,11-12H2,1H3,(H,20,21)/b5-3-,6-4?,10-9+/t13?,14-,15+,16-,17+/m0/s1. The SMILES string of the molecule is CCC(O)/C=C/[C@@H]1[C@H](C/C=C\C=CCC(=O)O)[C@@H]2CC[C@H]1O2. The normalized spacial score (nSPS) is 32.6. The first-order valence-corrected chi connectivity index (χ1v) is 8.17. The minimum Gasteiger partial charge on any atom is -0.481 e. The van der Waals surface area contributed by atoms with E-state index in [1.807, 2.05) is 19.1 Å². The fourth-order valence-electron chi connectivity index (χ4n) is 3.34. The number of carboxylic acid groups (broad SMARTS) is 1. The Balaban J connectivity index is 1.87. The molecule has 2 fully saturated rings. The van der Waals surface area contributed by atoms with Gasteiger partial charge in [-0.3, -0.25) is 4.79 Å². The number of aliphatic hydroxyl groups excluding tert-OH is 1. The fraction of sp³-hybridized carbons (Fsp3) is 0.611. The van der Waals surface area contributed by atoms with Crippen LogP contribution in [0.5, 0.6) is 0 Å². The van der Waals surface area contributed by atoms with Gasteiger partial charge >= 0.3 is 5.97 Å². The van der Waals surface area contributed by atoms with E-state index in [9.17, 15) is 9.90 Å². The Labute approximate surface area is 132 Å². The molecule has 2 bridgehead atoms. The Kier molecular flexibility index (Phi) is 6.40. The van der Waals surface area contributed by atoms with Gasteiger partial charge in [-0.2, -0.15) is 0 Å². The summed E-state index contributed by atoms with van der Waals surface area (Å²) in [5.74, 6) is 0.0293. The van der Waals surface area contributed by atoms with Crippen molar-refractivity contribution in [1.82, 2.24) is 0 Å². The van der Waals surface area contributed by atoms with Crippen molar-refractivity contribution in [3.63, 3.8) is 0 Å². The average molecular weight is 306 g/mol. The lowest BCUT2D eigenvalue weighted by Crippen LogP contribution is -2.25. The van der Waals surface area contributed by atoms with Crippen molar-refractivity contribution in [2.75, 3.05) is 0 Å². The van der Waals surface area contributed by atoms with Crippen LogP contribution in [0.1, 0.15) is 39.0 Å². The molecule has 2 aliphatic heterocycles. The summed E-state index contributed by atoms with van der Waals surface area (Å²) in [5, 5.41) is 18.2. The number of hydrogen-bond donors (Lipinski definition) is 2. The molecule has 2 heterocycles. The van der Waals surface area contributed by atoms with Gasteiger partial charge in [0.05, 0.1) is 24.7 Å². The van der Waals surface area contributed by atoms with E-state index < -0.39 is 5.97 Å². The van der Waals surface area contributed by atoms with Gasteiger partial charge in [0, 0.05) is 5.92 Å². The number of rotatable bonds is 8. The van der Waals surface area contributed by atoms with Gasteiger partial charge in [0.25, 0.3) is 0 Å². The number of aliphatic carboxylic acids is 1. The molecule has 5 atom stereocenters. The molecule has 0 aromatic rings. The highest BCUT2D eigenvalue weighted by Crippen LogP contribution is 2.45. The summed E-state index contributed by atoms with van der Waals surface area (Å²) < 4.78 is 6.01. The molecule has 4 heteroatoms. The fourth-order valence-corrected chi connectivity index (χ4v) is 3.34. The van der Waals surface area contributed by atoms with Crippen molar-refractivity contribution in [3.8, 4) is 0 Å². The highest BCUT2D eigenvalue weighted by molar-refractivity contribution is 5.68. The van der Waals surface area contributed by atoms with Crippen LogP contribution < -0.4 is 0 Å². The summed E-state index contributed by atoms with van der Waals surface area (Å²) >= 11 is 0. The largest absolute Gasteiger partial charge is 0.481 e. The molecule has 122 valence electrons. The van der Waals surface area contributed by atoms with Gasteiger partial charge in [-0.05, 0) is 31.6 Å². The molecule has 1 unspecified atom stereocenters. The third-order valence-corrected chi connectivity index (χ3v) is 4.54. The predicted molar refractivity (Wildman–Crippen MR) is 85.5 cm³/mol. The smallest absolute Gasteiger partial charge is 0.307 e. The lowest BCUT2D eigenvalue weighted by molar-refractivity contribution is -0.136. The predicted octanol–water partition coefficient (Wildman–Crippen LogP) is 3.08. The minimum atomic E-state index is -0.814. The topological polar surface area (TPSA) is 66.8 Å². The lowest BCUT2D eigenvalue weighted by Gasteiger charge is -2.24. The Morgan fingerprint density at radius 3 is 2.73 bits per heavy atom. The quantitative estimate of drug-likeness (QED) is 0.534. The second kappa shape index (κ2) is 8.30. The number of carbonyl (C=O) groups is 1. The van der Waals surface area contributed by atoms with Crippen LogP contribution in [0.15, 0.2) is 36.5 Å². The molecule has 4 nitrogen and oxygen atoms in total. The highest BCUT2D eigenvalue weighted by Gasteiger charge is 2.46. The van der Waals surface area contributed by atoms with Gasteiger partial charge < -0.3 is 14.9 Å². The van der Waals surface area contributed by atoms with Crippen LogP contribution in [0.25, 0.3) is 0 Å². The molecule has 2 saturated heterocycles. The first kappa shape index (κ1) is 17.0. The number of hydrogen-bond acceptors (Lipinski definition) is 3. The number of allylic oxidation sites excluding steroid dienone is 3. The van der Waals surface area contributed by atoms with E-state index >= 15 is 0 Å². The Morgan fingerprint density at radius 2 is 2.00 bits per heavy atom. The maximum Gasteiger partial charge on any atom is 0.307 e. The molecule has 0 aromatic carbocycles. The van der Waals surface area contributed by atoms with Crippen molar-refractivity contribution in [2.45, 2.75) is 57.3 Å². The zero-order valence-electron chi connectivity index (χ0n) is 13.1. The molecule has 0 amide bonds. The number of ether oxygens (including phenoxy) is 1. The summed E-state index contributed by atoms with van der Waals surface area (Å²) in [4.78, 5) is 10.4. The van der Waals surface area contributed by atoms with Crippen molar-refractivity contribution in [2.24, 2.45) is 11.8 Å². The van der Waals surface area contributed by atoms with Crippen LogP contribution in [0.4, 0.5) is 0 Å². The van der Waals surface area contributed by atoms with Crippen LogP contribution in [0, 0.1) is 11.8 Å². The third-order valence-electron chi connectivity index (χ3n) is 4.54. The molecule has 0 aromatic heterocycles. The molecular formula is C18H26O4. The molecule has 0 aliphatic carbocycles. The summed E-state index contributed by atoms with van der Waals surface area (Å²) in [6, 6.07) is 0. The Bertz CT molecular complexity index is 452. The molecular weight excluding hydrogens is 280 g/mol. The molecule has 0 saturated carbocycles. The molecule has 2 N–H and O–H groups in total. The summed E-state index contributed by atoms with van der Waals surface area (Å²) in [5.41, 5.74) is 0. The number of fused-ring (bicyclic) bond motifs is 2. The third kappa shape index (κ3) is 4.55. The van der Waals surface area contributed by atoms with Gasteiger partial charge in [0.1, 0.15) is 0 Å². The van der Waals surface area contributed by atoms with Crippen molar-refractivity contribution >= 4 is 5.97 Å². The molecule has 0 spiro atoms. The molecule has 22 heavy (non-hydrogen) atoms. The van der Waals surface area contributed by atoms with Gasteiger partial charge in [0.15, 0.2) is 0 Å². The van der Waals surface area contributed by atoms with Crippen LogP contribution in [0.2, 0.25) is 0 Å². The van der Waals surface area contributed by atoms with Gasteiger partial charge in [-0.1, -0.05) is 43.4 Å². The number of carboxylic acids is 1. The lowest BCUT2D eigenvalue weighted by atomic mass is 9.77. The summed E-state index contributed by atoms with van der Waals surface area (Å²) in [7, 11) is 0. The van der Waals surface area contributed by atoms with E-state index in [2.05, 4.69) is 12.2 Å². The first-order valence-electron chi connectivity index (χ1n) is 8.17. The van der Waals surface area contributed by atoms with E-state index in [1.54, 1.807) is 12.2 Å². The van der Waals surface area contributed by atoms with Crippen LogP contribution in [-0.4, -0.2) is 34.5 Å². The van der Waals surface area contributed by atoms with Crippen molar-refractivity contribution in [1.29, 1.82) is 0 Å². The molecule has 0 radical (unpaired) electrons. The van der Waals surface area contributed by atoms with E-state index in [-0.39, 0.29) is 12.5 Å². The Hall–Kier alpha value is -1.39. The second-order valence-electron chi connectivity index (χ2n) is 6.08. The van der Waals surface area contributed by atoms with E-state index in [4.69, 9.17) is 9.84 Å². The zero-order valence-corrected chi connectivity index (χ0v) is 13.1. The van der Waals surface area contributed by atoms with Crippen molar-refractivity contribution in [3.05, 3.63) is 36.5 Å². The summed E-state index contributed by atoms with van der Waals surface area (Å²) in [6.07, 6.45) is 15.7. The van der Waals surface area contributed by atoms with Gasteiger partial charge in [-0.15, -0.1) is 0 Å². The zero-order chi connectivity index (χ0) is 15.9. The number of aliphatic hydroxyl groups is 1. The first-order chi connectivity index (χ1) is 10.6. The molecule has 2 aliphatic rings. The summed E-state index contributed by atoms with van der Waals surface area (Å²) in [6.45, 7) is 1.97. The monoisotopic (exact) mass is 306 g/mol. The van der Waals surface area contributed by atoms with Crippen LogP contribution in [0.3, 0.4) is 0 Å². The Morgan fingerprint density at radius 1 is 1.27 bits per heavy atom. The molecule has 2 rings (SSSR count). The van der Waals surface area contributed by atoms with Crippen molar-refractivity contribution < 1.29 is 19.7 Å². The van der Waals surface area contributed by atoms with E-state index in [1.165, 1.54) is 0 Å². The van der Waals surface area contributed by atoms with Crippen LogP contribution >= 0.6 is 0 Å². The van der Waals surface area contributed by atoms with E-state index in [0.29, 0.717) is 24.0 Å². The van der Waals surface area contributed by atoms with Gasteiger partial charge in [0.2, 0.25) is 0 Å².